The van der Waals surface area contributed by atoms with E-state index < -0.39 is 0 Å². The second-order valence-corrected chi connectivity index (χ2v) is 6.12. The van der Waals surface area contributed by atoms with Crippen LogP contribution in [0.4, 0.5) is 0 Å². The molecule has 2 heterocycles. The smallest absolute Gasteiger partial charge is 0.116 e. The van der Waals surface area contributed by atoms with E-state index in [1.807, 2.05) is 6.92 Å². The molecule has 18 heavy (non-hydrogen) atoms. The first-order valence-electron chi connectivity index (χ1n) is 6.31. The zero-order valence-corrected chi connectivity index (χ0v) is 12.6. The van der Waals surface area contributed by atoms with Gasteiger partial charge in [-0.1, -0.05) is 19.1 Å². The van der Waals surface area contributed by atoms with Crippen LogP contribution in [0.25, 0.3) is 0 Å². The fourth-order valence-electron chi connectivity index (χ4n) is 2.20. The predicted molar refractivity (Wildman–Crippen MR) is 80.1 cm³/mol. The first-order valence-corrected chi connectivity index (χ1v) is 7.53. The van der Waals surface area contributed by atoms with Crippen LogP contribution < -0.4 is 5.73 Å². The molecular weight excluding hydrogens is 264 g/mol. The van der Waals surface area contributed by atoms with E-state index >= 15 is 0 Å². The lowest BCUT2D eigenvalue weighted by Gasteiger charge is -2.33. The molecule has 0 radical (unpaired) electrons. The summed E-state index contributed by atoms with van der Waals surface area (Å²) in [6.45, 7) is 10.8. The Hall–Kier alpha value is -0.560. The summed E-state index contributed by atoms with van der Waals surface area (Å²) < 4.78 is 0. The molecule has 6 heteroatoms. The second kappa shape index (κ2) is 6.06. The maximum atomic E-state index is 5.68. The Morgan fingerprint density at radius 2 is 1.94 bits per heavy atom. The molecule has 0 aliphatic carbocycles. The summed E-state index contributed by atoms with van der Waals surface area (Å²) in [6.07, 6.45) is 0. The maximum Gasteiger partial charge on any atom is 0.116 e. The molecule has 1 aromatic rings. The van der Waals surface area contributed by atoms with Crippen molar-refractivity contribution >= 4 is 28.5 Å². The van der Waals surface area contributed by atoms with Gasteiger partial charge in [0.2, 0.25) is 0 Å². The summed E-state index contributed by atoms with van der Waals surface area (Å²) >= 11 is 6.66. The molecule has 1 fully saturated rings. The number of nitrogens with two attached hydrogens (primary N) is 1. The van der Waals surface area contributed by atoms with Crippen molar-refractivity contribution in [2.45, 2.75) is 20.4 Å². The Morgan fingerprint density at radius 1 is 1.33 bits per heavy atom. The van der Waals surface area contributed by atoms with Crippen molar-refractivity contribution in [3.05, 3.63) is 15.6 Å². The van der Waals surface area contributed by atoms with Crippen LogP contribution in [-0.2, 0) is 6.54 Å². The van der Waals surface area contributed by atoms with Crippen molar-refractivity contribution in [2.75, 3.05) is 32.7 Å². The van der Waals surface area contributed by atoms with Crippen molar-refractivity contribution in [3.63, 3.8) is 0 Å². The van der Waals surface area contributed by atoms with E-state index in [1.165, 1.54) is 0 Å². The number of piperazine rings is 1. The fourth-order valence-corrected chi connectivity index (χ4v) is 3.44. The minimum Gasteiger partial charge on any atom is -0.389 e. The zero-order valence-electron chi connectivity index (χ0n) is 11.0. The number of aryl methyl sites for hydroxylation is 1. The van der Waals surface area contributed by atoms with Crippen molar-refractivity contribution in [2.24, 2.45) is 5.73 Å². The minimum absolute atomic E-state index is 0.465. The lowest BCUT2D eigenvalue weighted by Crippen LogP contribution is -2.45. The number of hydrogen-bond acceptors (Lipinski definition) is 5. The Balaban J connectivity index is 1.94. The van der Waals surface area contributed by atoms with Crippen molar-refractivity contribution in [1.29, 1.82) is 0 Å². The van der Waals surface area contributed by atoms with Gasteiger partial charge in [-0.25, -0.2) is 4.98 Å². The first-order chi connectivity index (χ1) is 8.60. The van der Waals surface area contributed by atoms with E-state index in [0.29, 0.717) is 4.99 Å². The van der Waals surface area contributed by atoms with E-state index in [0.717, 1.165) is 54.8 Å². The second-order valence-electron chi connectivity index (χ2n) is 4.60. The molecule has 0 atom stereocenters. The standard InChI is InChI=1S/C12H20N4S2/c1-3-15-4-6-16(7-5-15)8-10-14-9(2)11(18-10)12(13)17/h3-8H2,1-2H3,(H2,13,17). The molecule has 1 aliphatic rings. The highest BCUT2D eigenvalue weighted by atomic mass is 32.1. The van der Waals surface area contributed by atoms with E-state index in [9.17, 15) is 0 Å². The van der Waals surface area contributed by atoms with E-state index in [2.05, 4.69) is 21.7 Å². The summed E-state index contributed by atoms with van der Waals surface area (Å²) in [5, 5.41) is 1.13. The topological polar surface area (TPSA) is 45.4 Å². The number of likely N-dealkylation sites (N-methyl/N-ethyl adjacent to an activating group) is 1. The molecule has 0 spiro atoms. The van der Waals surface area contributed by atoms with Gasteiger partial charge in [0.25, 0.3) is 0 Å². The molecule has 2 rings (SSSR count). The summed E-state index contributed by atoms with van der Waals surface area (Å²) in [5.41, 5.74) is 6.65. The molecule has 4 nitrogen and oxygen atoms in total. The van der Waals surface area contributed by atoms with Gasteiger partial charge in [0.05, 0.1) is 17.1 Å². The molecule has 0 aromatic carbocycles. The van der Waals surface area contributed by atoms with Gasteiger partial charge < -0.3 is 10.6 Å². The zero-order chi connectivity index (χ0) is 13.1. The van der Waals surface area contributed by atoms with Crippen LogP contribution in [0.15, 0.2) is 0 Å². The van der Waals surface area contributed by atoms with Crippen LogP contribution in [0.1, 0.15) is 22.5 Å². The normalized spacial score (nSPS) is 18.1. The molecule has 2 N–H and O–H groups in total. The van der Waals surface area contributed by atoms with Crippen molar-refractivity contribution in [1.82, 2.24) is 14.8 Å². The molecular formula is C12H20N4S2. The highest BCUT2D eigenvalue weighted by Crippen LogP contribution is 2.19. The van der Waals surface area contributed by atoms with Gasteiger partial charge in [-0.05, 0) is 13.5 Å². The molecule has 1 aliphatic heterocycles. The van der Waals surface area contributed by atoms with Crippen LogP contribution >= 0.6 is 23.6 Å². The number of rotatable bonds is 4. The highest BCUT2D eigenvalue weighted by Gasteiger charge is 2.18. The predicted octanol–water partition coefficient (Wildman–Crippen LogP) is 1.22. The third-order valence-corrected chi connectivity index (χ3v) is 4.84. The lowest BCUT2D eigenvalue weighted by atomic mass is 10.3. The number of thiocarbonyl (C=S) groups is 1. The molecule has 1 aromatic heterocycles. The largest absolute Gasteiger partial charge is 0.389 e. The van der Waals surface area contributed by atoms with Crippen LogP contribution in [0, 0.1) is 6.92 Å². The first kappa shape index (κ1) is 13.9. The van der Waals surface area contributed by atoms with Gasteiger partial charge in [0, 0.05) is 26.2 Å². The molecule has 0 bridgehead atoms. The van der Waals surface area contributed by atoms with Gasteiger partial charge in [0.15, 0.2) is 0 Å². The van der Waals surface area contributed by atoms with Gasteiger partial charge in [-0.15, -0.1) is 11.3 Å². The van der Waals surface area contributed by atoms with Crippen molar-refractivity contribution < 1.29 is 0 Å². The van der Waals surface area contributed by atoms with E-state index in [1.54, 1.807) is 11.3 Å². The summed E-state index contributed by atoms with van der Waals surface area (Å²) in [5.74, 6) is 0. The molecule has 0 saturated carbocycles. The third kappa shape index (κ3) is 3.26. The SMILES string of the molecule is CCN1CCN(Cc2nc(C)c(C(N)=S)s2)CC1. The molecule has 0 amide bonds. The lowest BCUT2D eigenvalue weighted by molar-refractivity contribution is 0.132. The van der Waals surface area contributed by atoms with Crippen molar-refractivity contribution in [3.8, 4) is 0 Å². The Morgan fingerprint density at radius 3 is 2.44 bits per heavy atom. The van der Waals surface area contributed by atoms with E-state index in [-0.39, 0.29) is 0 Å². The monoisotopic (exact) mass is 284 g/mol. The van der Waals surface area contributed by atoms with Crippen LogP contribution in [0.3, 0.4) is 0 Å². The average molecular weight is 284 g/mol. The van der Waals surface area contributed by atoms with Crippen LogP contribution in [0.5, 0.6) is 0 Å². The Labute approximate surface area is 118 Å². The summed E-state index contributed by atoms with van der Waals surface area (Å²) in [6, 6.07) is 0. The summed E-state index contributed by atoms with van der Waals surface area (Å²) in [7, 11) is 0. The highest BCUT2D eigenvalue weighted by molar-refractivity contribution is 7.81. The Bertz CT molecular complexity index is 422. The number of hydrogen-bond donors (Lipinski definition) is 1. The van der Waals surface area contributed by atoms with E-state index in [4.69, 9.17) is 18.0 Å². The van der Waals surface area contributed by atoms with Gasteiger partial charge in [-0.3, -0.25) is 4.90 Å². The number of aromatic nitrogens is 1. The van der Waals surface area contributed by atoms with Gasteiger partial charge >= 0.3 is 0 Å². The molecule has 100 valence electrons. The van der Waals surface area contributed by atoms with Gasteiger partial charge in [-0.2, -0.15) is 0 Å². The Kier molecular flexibility index (Phi) is 4.66. The molecule has 1 saturated heterocycles. The summed E-state index contributed by atoms with van der Waals surface area (Å²) in [4.78, 5) is 10.9. The molecule has 0 unspecified atom stereocenters. The maximum absolute atomic E-state index is 5.68. The van der Waals surface area contributed by atoms with Crippen LogP contribution in [-0.4, -0.2) is 52.5 Å². The quantitative estimate of drug-likeness (QED) is 0.843. The number of thiazole rings is 1. The fraction of sp³-hybridized carbons (Fsp3) is 0.667. The van der Waals surface area contributed by atoms with Gasteiger partial charge in [0.1, 0.15) is 10.00 Å². The average Bonchev–Trinajstić information content (AvgIpc) is 2.71. The minimum atomic E-state index is 0.465. The number of nitrogens with zero attached hydrogens (tertiary/aromatic N) is 3. The third-order valence-electron chi connectivity index (χ3n) is 3.34. The van der Waals surface area contributed by atoms with Crippen LogP contribution in [0.2, 0.25) is 0 Å².